The van der Waals surface area contributed by atoms with Crippen LogP contribution in [0.25, 0.3) is 0 Å². The van der Waals surface area contributed by atoms with E-state index in [1.165, 1.54) is 12.0 Å². The van der Waals surface area contributed by atoms with E-state index >= 15 is 0 Å². The molecule has 0 aliphatic heterocycles. The molecular formula is C13H18N4O2S. The number of anilines is 1. The maximum Gasteiger partial charge on any atom is 0.360 e. The number of ether oxygens (including phenoxy) is 1. The molecule has 0 saturated carbocycles. The second kappa shape index (κ2) is 5.62. The lowest BCUT2D eigenvalue weighted by Gasteiger charge is -2.14. The highest BCUT2D eigenvalue weighted by molar-refractivity contribution is 7.11. The zero-order chi connectivity index (χ0) is 14.9. The number of imidazole rings is 1. The van der Waals surface area contributed by atoms with Crippen molar-refractivity contribution in [2.75, 3.05) is 12.8 Å². The summed E-state index contributed by atoms with van der Waals surface area (Å²) in [5.74, 6) is 0.462. The lowest BCUT2D eigenvalue weighted by atomic mass is 10.3. The summed E-state index contributed by atoms with van der Waals surface area (Å²) in [5, 5.41) is 0.950. The van der Waals surface area contributed by atoms with Crippen molar-refractivity contribution >= 4 is 23.1 Å². The average molecular weight is 294 g/mol. The number of methoxy groups -OCH3 is 1. The Morgan fingerprint density at radius 3 is 2.85 bits per heavy atom. The zero-order valence-electron chi connectivity index (χ0n) is 12.0. The highest BCUT2D eigenvalue weighted by Crippen LogP contribution is 2.28. The van der Waals surface area contributed by atoms with Gasteiger partial charge in [-0.15, -0.1) is 11.3 Å². The van der Waals surface area contributed by atoms with Gasteiger partial charge in [0.1, 0.15) is 16.6 Å². The largest absolute Gasteiger partial charge is 0.464 e. The van der Waals surface area contributed by atoms with Crippen molar-refractivity contribution in [3.8, 4) is 0 Å². The van der Waals surface area contributed by atoms with Crippen LogP contribution < -0.4 is 5.73 Å². The third-order valence-corrected chi connectivity index (χ3v) is 4.48. The van der Waals surface area contributed by atoms with E-state index in [2.05, 4.69) is 21.6 Å². The van der Waals surface area contributed by atoms with Gasteiger partial charge in [-0.1, -0.05) is 6.92 Å². The van der Waals surface area contributed by atoms with Gasteiger partial charge in [-0.05, 0) is 20.3 Å². The number of carbonyl (C=O) groups is 1. The molecule has 7 heteroatoms. The van der Waals surface area contributed by atoms with Crippen LogP contribution in [0.3, 0.4) is 0 Å². The van der Waals surface area contributed by atoms with E-state index in [1.54, 1.807) is 11.3 Å². The van der Waals surface area contributed by atoms with Crippen molar-refractivity contribution in [2.24, 2.45) is 0 Å². The standard InChI is InChI=1S/C13H18N4O2S/c1-5-9-6-15-12(20-9)7(2)17-8(3)16-10(11(17)14)13(18)19-4/h6-7H,5,14H2,1-4H3. The molecule has 2 aromatic rings. The van der Waals surface area contributed by atoms with Crippen molar-refractivity contribution in [1.82, 2.24) is 14.5 Å². The highest BCUT2D eigenvalue weighted by Gasteiger charge is 2.24. The first-order valence-electron chi connectivity index (χ1n) is 6.36. The molecule has 0 radical (unpaired) electrons. The lowest BCUT2D eigenvalue weighted by Crippen LogP contribution is -2.13. The van der Waals surface area contributed by atoms with E-state index in [4.69, 9.17) is 5.73 Å². The van der Waals surface area contributed by atoms with Crippen LogP contribution in [0.5, 0.6) is 0 Å². The molecule has 1 unspecified atom stereocenters. The molecule has 2 heterocycles. The second-order valence-corrected chi connectivity index (χ2v) is 5.60. The molecule has 108 valence electrons. The van der Waals surface area contributed by atoms with Crippen LogP contribution in [-0.4, -0.2) is 27.6 Å². The number of thiazole rings is 1. The third kappa shape index (κ3) is 2.40. The second-order valence-electron chi connectivity index (χ2n) is 4.45. The molecule has 0 saturated heterocycles. The Hall–Kier alpha value is -1.89. The molecule has 0 aliphatic carbocycles. The fourth-order valence-corrected chi connectivity index (χ4v) is 2.99. The predicted octanol–water partition coefficient (Wildman–Crippen LogP) is 2.19. The number of nitrogens with two attached hydrogens (primary N) is 1. The lowest BCUT2D eigenvalue weighted by molar-refractivity contribution is 0.0595. The van der Waals surface area contributed by atoms with Gasteiger partial charge in [0.25, 0.3) is 0 Å². The molecule has 0 spiro atoms. The molecule has 0 fully saturated rings. The molecule has 2 N–H and O–H groups in total. The number of esters is 1. The molecule has 0 bridgehead atoms. The molecule has 0 amide bonds. The highest BCUT2D eigenvalue weighted by atomic mass is 32.1. The number of rotatable bonds is 4. The normalized spacial score (nSPS) is 12.4. The van der Waals surface area contributed by atoms with Crippen LogP contribution >= 0.6 is 11.3 Å². The monoisotopic (exact) mass is 294 g/mol. The maximum absolute atomic E-state index is 11.6. The summed E-state index contributed by atoms with van der Waals surface area (Å²) in [7, 11) is 1.31. The summed E-state index contributed by atoms with van der Waals surface area (Å²) >= 11 is 1.65. The van der Waals surface area contributed by atoms with Gasteiger partial charge in [0.15, 0.2) is 5.69 Å². The Kier molecular flexibility index (Phi) is 4.08. The van der Waals surface area contributed by atoms with Crippen LogP contribution in [0.4, 0.5) is 5.82 Å². The van der Waals surface area contributed by atoms with Gasteiger partial charge in [0.2, 0.25) is 0 Å². The summed E-state index contributed by atoms with van der Waals surface area (Å²) in [5.41, 5.74) is 6.19. The third-order valence-electron chi connectivity index (χ3n) is 3.17. The molecule has 0 aromatic carbocycles. The van der Waals surface area contributed by atoms with E-state index in [-0.39, 0.29) is 11.7 Å². The fourth-order valence-electron chi connectivity index (χ4n) is 2.09. The summed E-state index contributed by atoms with van der Waals surface area (Å²) in [6.45, 7) is 5.89. The molecule has 2 aromatic heterocycles. The van der Waals surface area contributed by atoms with Crippen molar-refractivity contribution in [3.63, 3.8) is 0 Å². The number of hydrogen-bond acceptors (Lipinski definition) is 6. The van der Waals surface area contributed by atoms with E-state index in [1.807, 2.05) is 24.6 Å². The quantitative estimate of drug-likeness (QED) is 0.874. The van der Waals surface area contributed by atoms with Crippen molar-refractivity contribution in [3.05, 3.63) is 27.6 Å². The Labute approximate surface area is 121 Å². The molecule has 6 nitrogen and oxygen atoms in total. The van der Waals surface area contributed by atoms with E-state index in [9.17, 15) is 4.79 Å². The molecule has 2 rings (SSSR count). The first kappa shape index (κ1) is 14.5. The number of carbonyl (C=O) groups excluding carboxylic acids is 1. The predicted molar refractivity (Wildman–Crippen MR) is 78.0 cm³/mol. The SMILES string of the molecule is CCc1cnc(C(C)n2c(C)nc(C(=O)OC)c2N)s1. The summed E-state index contributed by atoms with van der Waals surface area (Å²) in [6, 6.07) is -0.0637. The minimum absolute atomic E-state index is 0.0637. The van der Waals surface area contributed by atoms with Crippen molar-refractivity contribution in [2.45, 2.75) is 33.2 Å². The van der Waals surface area contributed by atoms with Crippen LogP contribution in [0.15, 0.2) is 6.20 Å². The van der Waals surface area contributed by atoms with Gasteiger partial charge in [-0.25, -0.2) is 14.8 Å². The smallest absolute Gasteiger partial charge is 0.360 e. The first-order valence-corrected chi connectivity index (χ1v) is 7.18. The average Bonchev–Trinajstić information content (AvgIpc) is 3.02. The zero-order valence-corrected chi connectivity index (χ0v) is 12.8. The Bertz CT molecular complexity index is 632. The van der Waals surface area contributed by atoms with Gasteiger partial charge in [-0.3, -0.25) is 0 Å². The molecule has 20 heavy (non-hydrogen) atoms. The minimum Gasteiger partial charge on any atom is -0.464 e. The van der Waals surface area contributed by atoms with Crippen molar-refractivity contribution < 1.29 is 9.53 Å². The van der Waals surface area contributed by atoms with Crippen LogP contribution in [-0.2, 0) is 11.2 Å². The van der Waals surface area contributed by atoms with Gasteiger partial charge >= 0.3 is 5.97 Å². The Balaban J connectivity index is 2.41. The Morgan fingerprint density at radius 1 is 1.60 bits per heavy atom. The summed E-state index contributed by atoms with van der Waals surface area (Å²) in [6.07, 6.45) is 2.83. The summed E-state index contributed by atoms with van der Waals surface area (Å²) < 4.78 is 6.49. The summed E-state index contributed by atoms with van der Waals surface area (Å²) in [4.78, 5) is 21.4. The molecule has 0 aliphatic rings. The first-order chi connectivity index (χ1) is 9.49. The van der Waals surface area contributed by atoms with Gasteiger partial charge in [0.05, 0.1) is 13.2 Å². The fraction of sp³-hybridized carbons (Fsp3) is 0.462. The molecular weight excluding hydrogens is 276 g/mol. The number of aromatic nitrogens is 3. The van der Waals surface area contributed by atoms with Crippen LogP contribution in [0, 0.1) is 6.92 Å². The van der Waals surface area contributed by atoms with E-state index < -0.39 is 5.97 Å². The number of aryl methyl sites for hydroxylation is 2. The molecule has 1 atom stereocenters. The Morgan fingerprint density at radius 2 is 2.30 bits per heavy atom. The van der Waals surface area contributed by atoms with Gasteiger partial charge < -0.3 is 15.0 Å². The van der Waals surface area contributed by atoms with E-state index in [0.717, 1.165) is 11.4 Å². The van der Waals surface area contributed by atoms with Gasteiger partial charge in [-0.2, -0.15) is 0 Å². The number of hydrogen-bond donors (Lipinski definition) is 1. The maximum atomic E-state index is 11.6. The topological polar surface area (TPSA) is 83.0 Å². The number of nitrogens with zero attached hydrogens (tertiary/aromatic N) is 3. The minimum atomic E-state index is -0.523. The van der Waals surface area contributed by atoms with E-state index in [0.29, 0.717) is 11.6 Å². The van der Waals surface area contributed by atoms with Crippen LogP contribution in [0.2, 0.25) is 0 Å². The van der Waals surface area contributed by atoms with Crippen LogP contribution in [0.1, 0.15) is 46.1 Å². The van der Waals surface area contributed by atoms with Gasteiger partial charge in [0, 0.05) is 11.1 Å². The van der Waals surface area contributed by atoms with Crippen molar-refractivity contribution in [1.29, 1.82) is 0 Å². The number of nitrogen functional groups attached to an aromatic ring is 1.